The van der Waals surface area contributed by atoms with Crippen LogP contribution in [0.25, 0.3) is 0 Å². The van der Waals surface area contributed by atoms with Crippen LogP contribution >= 0.6 is 12.4 Å². The molecular formula is C13H20ClNO. The number of hydrogen-bond donors (Lipinski definition) is 1. The normalized spacial score (nSPS) is 18.8. The average Bonchev–Trinajstić information content (AvgIpc) is 2.24. The zero-order chi connectivity index (χ0) is 10.8. The van der Waals surface area contributed by atoms with Crippen LogP contribution in [0.2, 0.25) is 0 Å². The Kier molecular flexibility index (Phi) is 4.78. The van der Waals surface area contributed by atoms with Crippen molar-refractivity contribution in [1.82, 2.24) is 5.32 Å². The molecule has 0 aromatic heterocycles. The summed E-state index contributed by atoms with van der Waals surface area (Å²) in [7, 11) is 0. The van der Waals surface area contributed by atoms with Crippen molar-refractivity contribution in [2.45, 2.75) is 33.4 Å². The van der Waals surface area contributed by atoms with Gasteiger partial charge in [0.25, 0.3) is 0 Å². The number of hydrogen-bond acceptors (Lipinski definition) is 2. The molecule has 16 heavy (non-hydrogen) atoms. The first-order valence-electron chi connectivity index (χ1n) is 5.64. The number of fused-ring (bicyclic) bond motifs is 1. The molecule has 0 aliphatic carbocycles. The summed E-state index contributed by atoms with van der Waals surface area (Å²) in [6, 6.07) is 4.76. The average molecular weight is 242 g/mol. The molecule has 1 heterocycles. The molecule has 1 aliphatic rings. The molecule has 1 atom stereocenters. The van der Waals surface area contributed by atoms with Crippen molar-refractivity contribution in [3.63, 3.8) is 0 Å². The SMILES string of the molecule is CCNC1COCc2ccc(C)c(C)c21.Cl. The zero-order valence-corrected chi connectivity index (χ0v) is 11.0. The number of nitrogens with one attached hydrogen (secondary N) is 1. The highest BCUT2D eigenvalue weighted by atomic mass is 35.5. The van der Waals surface area contributed by atoms with Crippen LogP contribution in [-0.4, -0.2) is 13.2 Å². The van der Waals surface area contributed by atoms with E-state index in [2.05, 4.69) is 38.2 Å². The third-order valence-corrected chi connectivity index (χ3v) is 3.22. The topological polar surface area (TPSA) is 21.3 Å². The summed E-state index contributed by atoms with van der Waals surface area (Å²) in [5.74, 6) is 0. The van der Waals surface area contributed by atoms with Gasteiger partial charge in [0.1, 0.15) is 0 Å². The van der Waals surface area contributed by atoms with E-state index in [-0.39, 0.29) is 12.4 Å². The Bertz CT molecular complexity index is 365. The molecule has 0 saturated heterocycles. The van der Waals surface area contributed by atoms with Crippen LogP contribution in [0.5, 0.6) is 0 Å². The molecular weight excluding hydrogens is 222 g/mol. The van der Waals surface area contributed by atoms with Crippen molar-refractivity contribution in [1.29, 1.82) is 0 Å². The van der Waals surface area contributed by atoms with Crippen LogP contribution in [0.4, 0.5) is 0 Å². The van der Waals surface area contributed by atoms with E-state index in [0.29, 0.717) is 6.04 Å². The lowest BCUT2D eigenvalue weighted by Gasteiger charge is -2.28. The minimum atomic E-state index is 0. The first-order valence-corrected chi connectivity index (χ1v) is 5.64. The monoisotopic (exact) mass is 241 g/mol. The second-order valence-corrected chi connectivity index (χ2v) is 4.21. The van der Waals surface area contributed by atoms with E-state index in [4.69, 9.17) is 4.74 Å². The Labute approximate surface area is 104 Å². The summed E-state index contributed by atoms with van der Waals surface area (Å²) in [5.41, 5.74) is 5.60. The van der Waals surface area contributed by atoms with Crippen molar-refractivity contribution in [2.24, 2.45) is 0 Å². The van der Waals surface area contributed by atoms with Crippen LogP contribution in [-0.2, 0) is 11.3 Å². The summed E-state index contributed by atoms with van der Waals surface area (Å²) in [6.45, 7) is 9.07. The number of rotatable bonds is 2. The lowest BCUT2D eigenvalue weighted by molar-refractivity contribution is 0.0824. The fraction of sp³-hybridized carbons (Fsp3) is 0.538. The van der Waals surface area contributed by atoms with Crippen molar-refractivity contribution in [3.8, 4) is 0 Å². The van der Waals surface area contributed by atoms with E-state index < -0.39 is 0 Å². The van der Waals surface area contributed by atoms with Gasteiger partial charge in [0.2, 0.25) is 0 Å². The second-order valence-electron chi connectivity index (χ2n) is 4.21. The Balaban J connectivity index is 0.00000128. The molecule has 0 fully saturated rings. The quantitative estimate of drug-likeness (QED) is 0.860. The molecule has 0 spiro atoms. The van der Waals surface area contributed by atoms with Gasteiger partial charge in [-0.3, -0.25) is 0 Å². The maximum Gasteiger partial charge on any atom is 0.0721 e. The molecule has 1 aliphatic heterocycles. The maximum absolute atomic E-state index is 5.59. The lowest BCUT2D eigenvalue weighted by atomic mass is 9.91. The van der Waals surface area contributed by atoms with Crippen LogP contribution in [0, 0.1) is 13.8 Å². The fourth-order valence-corrected chi connectivity index (χ4v) is 2.28. The molecule has 1 aromatic rings. The van der Waals surface area contributed by atoms with Gasteiger partial charge < -0.3 is 10.1 Å². The Morgan fingerprint density at radius 2 is 2.12 bits per heavy atom. The van der Waals surface area contributed by atoms with Crippen LogP contribution in [0.15, 0.2) is 12.1 Å². The third-order valence-electron chi connectivity index (χ3n) is 3.22. The summed E-state index contributed by atoms with van der Waals surface area (Å²) >= 11 is 0. The van der Waals surface area contributed by atoms with Gasteiger partial charge in [0.05, 0.1) is 19.3 Å². The predicted molar refractivity (Wildman–Crippen MR) is 69.2 cm³/mol. The van der Waals surface area contributed by atoms with Gasteiger partial charge >= 0.3 is 0 Å². The zero-order valence-electron chi connectivity index (χ0n) is 10.2. The lowest BCUT2D eigenvalue weighted by Crippen LogP contribution is -2.30. The predicted octanol–water partition coefficient (Wildman–Crippen LogP) is 2.91. The van der Waals surface area contributed by atoms with Crippen molar-refractivity contribution >= 4 is 12.4 Å². The van der Waals surface area contributed by atoms with E-state index in [1.165, 1.54) is 22.3 Å². The molecule has 0 radical (unpaired) electrons. The van der Waals surface area contributed by atoms with Gasteiger partial charge in [-0.05, 0) is 42.6 Å². The molecule has 0 amide bonds. The van der Waals surface area contributed by atoms with Crippen LogP contribution in [0.3, 0.4) is 0 Å². The van der Waals surface area contributed by atoms with Gasteiger partial charge in [-0.1, -0.05) is 19.1 Å². The standard InChI is InChI=1S/C13H19NO.ClH/c1-4-14-12-8-15-7-11-6-5-9(2)10(3)13(11)12;/h5-6,12,14H,4,7-8H2,1-3H3;1H. The molecule has 1 aromatic carbocycles. The van der Waals surface area contributed by atoms with Crippen molar-refractivity contribution in [3.05, 3.63) is 34.4 Å². The first-order chi connectivity index (χ1) is 7.24. The Morgan fingerprint density at radius 3 is 2.81 bits per heavy atom. The summed E-state index contributed by atoms with van der Waals surface area (Å²) in [6.07, 6.45) is 0. The van der Waals surface area contributed by atoms with Crippen LogP contribution < -0.4 is 5.32 Å². The van der Waals surface area contributed by atoms with Crippen molar-refractivity contribution in [2.75, 3.05) is 13.2 Å². The number of aryl methyl sites for hydroxylation is 1. The van der Waals surface area contributed by atoms with E-state index in [9.17, 15) is 0 Å². The highest BCUT2D eigenvalue weighted by molar-refractivity contribution is 5.85. The van der Waals surface area contributed by atoms with Gasteiger partial charge in [-0.25, -0.2) is 0 Å². The first kappa shape index (κ1) is 13.5. The van der Waals surface area contributed by atoms with Crippen molar-refractivity contribution < 1.29 is 4.74 Å². The number of benzene rings is 1. The molecule has 90 valence electrons. The summed E-state index contributed by atoms with van der Waals surface area (Å²) in [4.78, 5) is 0. The van der Waals surface area contributed by atoms with Gasteiger partial charge in [0.15, 0.2) is 0 Å². The summed E-state index contributed by atoms with van der Waals surface area (Å²) in [5, 5.41) is 3.48. The van der Waals surface area contributed by atoms with Crippen LogP contribution in [0.1, 0.15) is 35.2 Å². The summed E-state index contributed by atoms with van der Waals surface area (Å²) < 4.78 is 5.59. The molecule has 2 rings (SSSR count). The third kappa shape index (κ3) is 2.40. The number of ether oxygens (including phenoxy) is 1. The van der Waals surface area contributed by atoms with Gasteiger partial charge in [0, 0.05) is 0 Å². The molecule has 1 unspecified atom stereocenters. The Hall–Kier alpha value is -0.570. The fourth-order valence-electron chi connectivity index (χ4n) is 2.28. The minimum absolute atomic E-state index is 0. The Morgan fingerprint density at radius 1 is 1.38 bits per heavy atom. The number of likely N-dealkylation sites (N-methyl/N-ethyl adjacent to an activating group) is 1. The number of halogens is 1. The maximum atomic E-state index is 5.59. The molecule has 0 saturated carbocycles. The van der Waals surface area contributed by atoms with E-state index in [1.54, 1.807) is 0 Å². The highest BCUT2D eigenvalue weighted by Gasteiger charge is 2.22. The smallest absolute Gasteiger partial charge is 0.0721 e. The van der Waals surface area contributed by atoms with E-state index >= 15 is 0 Å². The molecule has 1 N–H and O–H groups in total. The molecule has 3 heteroatoms. The minimum Gasteiger partial charge on any atom is -0.375 e. The molecule has 2 nitrogen and oxygen atoms in total. The van der Waals surface area contributed by atoms with E-state index in [0.717, 1.165) is 19.8 Å². The molecule has 0 bridgehead atoms. The highest BCUT2D eigenvalue weighted by Crippen LogP contribution is 2.29. The van der Waals surface area contributed by atoms with E-state index in [1.807, 2.05) is 0 Å². The van der Waals surface area contributed by atoms with Gasteiger partial charge in [-0.15, -0.1) is 12.4 Å². The second kappa shape index (κ2) is 5.67. The largest absolute Gasteiger partial charge is 0.375 e. The van der Waals surface area contributed by atoms with Gasteiger partial charge in [-0.2, -0.15) is 0 Å².